The molecule has 0 amide bonds. The fourth-order valence-corrected chi connectivity index (χ4v) is 3.47. The first kappa shape index (κ1) is 12.9. The summed E-state index contributed by atoms with van der Waals surface area (Å²) in [6.45, 7) is 0. The SMILES string of the molecule is CSc1cccc(Sc2cccc(SC)c2)c1. The summed E-state index contributed by atoms with van der Waals surface area (Å²) in [5.74, 6) is 0. The average Bonchev–Trinajstić information content (AvgIpc) is 2.39. The Morgan fingerprint density at radius 3 is 1.47 bits per heavy atom. The van der Waals surface area contributed by atoms with E-state index in [1.807, 2.05) is 11.8 Å². The number of hydrogen-bond donors (Lipinski definition) is 0. The van der Waals surface area contributed by atoms with Crippen LogP contribution in [0.4, 0.5) is 0 Å². The number of benzene rings is 2. The maximum absolute atomic E-state index is 2.24. The minimum atomic E-state index is 1.30. The molecule has 0 unspecified atom stereocenters. The van der Waals surface area contributed by atoms with Gasteiger partial charge in [0.05, 0.1) is 0 Å². The molecule has 2 rings (SSSR count). The summed E-state index contributed by atoms with van der Waals surface area (Å²) in [5, 5.41) is 0. The molecule has 0 aliphatic heterocycles. The van der Waals surface area contributed by atoms with Gasteiger partial charge >= 0.3 is 0 Å². The van der Waals surface area contributed by atoms with Crippen LogP contribution in [0, 0.1) is 0 Å². The molecule has 0 fully saturated rings. The fourth-order valence-electron chi connectivity index (χ4n) is 1.47. The lowest BCUT2D eigenvalue weighted by Gasteiger charge is -2.04. The van der Waals surface area contributed by atoms with E-state index >= 15 is 0 Å². The molecule has 0 aromatic heterocycles. The zero-order chi connectivity index (χ0) is 12.1. The first-order valence-corrected chi connectivity index (χ1v) is 8.54. The molecule has 88 valence electrons. The Morgan fingerprint density at radius 2 is 1.06 bits per heavy atom. The summed E-state index contributed by atoms with van der Waals surface area (Å²) in [7, 11) is 0. The second kappa shape index (κ2) is 6.43. The van der Waals surface area contributed by atoms with E-state index in [2.05, 4.69) is 61.0 Å². The Balaban J connectivity index is 2.18. The van der Waals surface area contributed by atoms with E-state index in [4.69, 9.17) is 0 Å². The minimum Gasteiger partial charge on any atom is -0.130 e. The van der Waals surface area contributed by atoms with Gasteiger partial charge in [-0.1, -0.05) is 23.9 Å². The molecule has 0 spiro atoms. The summed E-state index contributed by atoms with van der Waals surface area (Å²) < 4.78 is 0. The Kier molecular flexibility index (Phi) is 4.89. The van der Waals surface area contributed by atoms with Crippen LogP contribution in [-0.2, 0) is 0 Å². The molecular formula is C14H14S3. The van der Waals surface area contributed by atoms with E-state index in [9.17, 15) is 0 Å². The molecule has 0 radical (unpaired) electrons. The van der Waals surface area contributed by atoms with Crippen molar-refractivity contribution in [2.45, 2.75) is 19.6 Å². The first-order valence-electron chi connectivity index (χ1n) is 5.28. The van der Waals surface area contributed by atoms with Crippen molar-refractivity contribution in [3.8, 4) is 0 Å². The summed E-state index contributed by atoms with van der Waals surface area (Å²) in [4.78, 5) is 5.23. The fraction of sp³-hybridized carbons (Fsp3) is 0.143. The smallest absolute Gasteiger partial charge is 0.0133 e. The number of rotatable bonds is 4. The van der Waals surface area contributed by atoms with E-state index in [-0.39, 0.29) is 0 Å². The molecule has 0 N–H and O–H groups in total. The molecule has 0 nitrogen and oxygen atoms in total. The van der Waals surface area contributed by atoms with Gasteiger partial charge < -0.3 is 0 Å². The van der Waals surface area contributed by atoms with Crippen molar-refractivity contribution in [3.05, 3.63) is 48.5 Å². The molecular weight excluding hydrogens is 264 g/mol. The predicted molar refractivity (Wildman–Crippen MR) is 80.6 cm³/mol. The lowest BCUT2D eigenvalue weighted by molar-refractivity contribution is 1.30. The summed E-state index contributed by atoms with van der Waals surface area (Å²) in [6.07, 6.45) is 4.22. The van der Waals surface area contributed by atoms with Crippen molar-refractivity contribution in [2.75, 3.05) is 12.5 Å². The van der Waals surface area contributed by atoms with Gasteiger partial charge in [-0.05, 0) is 48.9 Å². The minimum absolute atomic E-state index is 1.30. The molecule has 0 bridgehead atoms. The highest BCUT2D eigenvalue weighted by atomic mass is 32.2. The maximum atomic E-state index is 2.24. The van der Waals surface area contributed by atoms with Gasteiger partial charge in [0.2, 0.25) is 0 Å². The van der Waals surface area contributed by atoms with Gasteiger partial charge in [0.25, 0.3) is 0 Å². The molecule has 0 saturated heterocycles. The monoisotopic (exact) mass is 278 g/mol. The van der Waals surface area contributed by atoms with Crippen molar-refractivity contribution < 1.29 is 0 Å². The van der Waals surface area contributed by atoms with E-state index in [1.165, 1.54) is 19.6 Å². The first-order chi connectivity index (χ1) is 8.31. The quantitative estimate of drug-likeness (QED) is 0.698. The molecule has 0 heterocycles. The third-order valence-corrected chi connectivity index (χ3v) is 4.75. The van der Waals surface area contributed by atoms with Crippen LogP contribution in [0.2, 0.25) is 0 Å². The molecule has 0 aliphatic rings. The molecule has 0 atom stereocenters. The largest absolute Gasteiger partial charge is 0.130 e. The van der Waals surface area contributed by atoms with Crippen LogP contribution in [0.15, 0.2) is 68.1 Å². The number of hydrogen-bond acceptors (Lipinski definition) is 3. The van der Waals surface area contributed by atoms with Gasteiger partial charge in [-0.15, -0.1) is 23.5 Å². The third-order valence-electron chi connectivity index (χ3n) is 2.32. The van der Waals surface area contributed by atoms with Gasteiger partial charge in [-0.25, -0.2) is 0 Å². The van der Waals surface area contributed by atoms with Gasteiger partial charge in [0.1, 0.15) is 0 Å². The zero-order valence-electron chi connectivity index (χ0n) is 9.84. The second-order valence-electron chi connectivity index (χ2n) is 3.46. The highest BCUT2D eigenvalue weighted by Crippen LogP contribution is 2.31. The summed E-state index contributed by atoms with van der Waals surface area (Å²) >= 11 is 5.39. The van der Waals surface area contributed by atoms with Crippen molar-refractivity contribution >= 4 is 35.3 Å². The molecule has 2 aromatic rings. The standard InChI is InChI=1S/C14H14S3/c1-15-11-5-3-7-13(9-11)17-14-8-4-6-12(10-14)16-2/h3-10H,1-2H3. The lowest BCUT2D eigenvalue weighted by Crippen LogP contribution is -1.76. The summed E-state index contributed by atoms with van der Waals surface area (Å²) in [6, 6.07) is 17.3. The van der Waals surface area contributed by atoms with Crippen LogP contribution >= 0.6 is 35.3 Å². The van der Waals surface area contributed by atoms with Crippen LogP contribution < -0.4 is 0 Å². The Morgan fingerprint density at radius 1 is 0.647 bits per heavy atom. The average molecular weight is 278 g/mol. The van der Waals surface area contributed by atoms with Crippen LogP contribution in [0.1, 0.15) is 0 Å². The maximum Gasteiger partial charge on any atom is 0.0133 e. The Labute approximate surface area is 116 Å². The van der Waals surface area contributed by atoms with E-state index in [1.54, 1.807) is 23.5 Å². The molecule has 0 aliphatic carbocycles. The molecule has 3 heteroatoms. The summed E-state index contributed by atoms with van der Waals surface area (Å²) in [5.41, 5.74) is 0. The highest BCUT2D eigenvalue weighted by molar-refractivity contribution is 8.00. The van der Waals surface area contributed by atoms with Crippen molar-refractivity contribution in [1.29, 1.82) is 0 Å². The molecule has 0 saturated carbocycles. The van der Waals surface area contributed by atoms with Crippen LogP contribution in [-0.4, -0.2) is 12.5 Å². The van der Waals surface area contributed by atoms with E-state index in [0.717, 1.165) is 0 Å². The lowest BCUT2D eigenvalue weighted by atomic mass is 10.4. The zero-order valence-corrected chi connectivity index (χ0v) is 12.3. The topological polar surface area (TPSA) is 0 Å². The van der Waals surface area contributed by atoms with Crippen molar-refractivity contribution in [2.24, 2.45) is 0 Å². The van der Waals surface area contributed by atoms with Crippen LogP contribution in [0.5, 0.6) is 0 Å². The Bertz CT molecular complexity index is 449. The Hall–Kier alpha value is -0.510. The van der Waals surface area contributed by atoms with Gasteiger partial charge in [-0.3, -0.25) is 0 Å². The second-order valence-corrected chi connectivity index (χ2v) is 6.37. The van der Waals surface area contributed by atoms with Crippen LogP contribution in [0.3, 0.4) is 0 Å². The van der Waals surface area contributed by atoms with E-state index in [0.29, 0.717) is 0 Å². The van der Waals surface area contributed by atoms with Crippen LogP contribution in [0.25, 0.3) is 0 Å². The van der Waals surface area contributed by atoms with Gasteiger partial charge in [0.15, 0.2) is 0 Å². The van der Waals surface area contributed by atoms with Crippen molar-refractivity contribution in [3.63, 3.8) is 0 Å². The predicted octanol–water partition coefficient (Wildman–Crippen LogP) is 5.28. The number of thioether (sulfide) groups is 2. The normalized spacial score (nSPS) is 10.5. The van der Waals surface area contributed by atoms with Crippen molar-refractivity contribution in [1.82, 2.24) is 0 Å². The van der Waals surface area contributed by atoms with Gasteiger partial charge in [0, 0.05) is 19.6 Å². The molecule has 2 aromatic carbocycles. The van der Waals surface area contributed by atoms with E-state index < -0.39 is 0 Å². The highest BCUT2D eigenvalue weighted by Gasteiger charge is 1.99. The molecule has 17 heavy (non-hydrogen) atoms. The third kappa shape index (κ3) is 3.73. The van der Waals surface area contributed by atoms with Gasteiger partial charge in [-0.2, -0.15) is 0 Å².